The Kier molecular flexibility index (Phi) is 8.63. The molecule has 182 valence electrons. The third-order valence-corrected chi connectivity index (χ3v) is 6.31. The fraction of sp³-hybridized carbons (Fsp3) is 0.385. The van der Waals surface area contributed by atoms with E-state index in [4.69, 9.17) is 32.7 Å². The summed E-state index contributed by atoms with van der Waals surface area (Å²) in [5.74, 6) is -0.604. The highest BCUT2D eigenvalue weighted by Gasteiger charge is 2.46. The molecule has 0 bridgehead atoms. The smallest absolute Gasteiger partial charge is 0.295 e. The monoisotopic (exact) mass is 505 g/mol. The maximum atomic E-state index is 13.1. The van der Waals surface area contributed by atoms with E-state index in [1.54, 1.807) is 43.5 Å². The van der Waals surface area contributed by atoms with E-state index in [-0.39, 0.29) is 17.9 Å². The number of halogens is 2. The fourth-order valence-electron chi connectivity index (χ4n) is 3.89. The highest BCUT2D eigenvalue weighted by molar-refractivity contribution is 6.46. The lowest BCUT2D eigenvalue weighted by atomic mass is 9.94. The van der Waals surface area contributed by atoms with E-state index >= 15 is 0 Å². The molecule has 1 aliphatic rings. The number of likely N-dealkylation sites (tertiary alicyclic amines) is 1. The summed E-state index contributed by atoms with van der Waals surface area (Å²) in [5, 5.41) is 11.9. The Balaban J connectivity index is 2.08. The summed E-state index contributed by atoms with van der Waals surface area (Å²) in [4.78, 5) is 27.5. The molecule has 6 nitrogen and oxygen atoms in total. The van der Waals surface area contributed by atoms with E-state index in [2.05, 4.69) is 13.8 Å². The molecular formula is C26H29Cl2NO5. The number of rotatable bonds is 9. The number of methoxy groups -OCH3 is 1. The van der Waals surface area contributed by atoms with Gasteiger partial charge in [-0.25, -0.2) is 0 Å². The number of carbonyl (C=O) groups excluding carboxylic acids is 2. The third-order valence-electron chi connectivity index (χ3n) is 5.57. The Labute approximate surface area is 210 Å². The van der Waals surface area contributed by atoms with Crippen molar-refractivity contribution < 1.29 is 24.2 Å². The van der Waals surface area contributed by atoms with Gasteiger partial charge in [0.15, 0.2) is 0 Å². The van der Waals surface area contributed by atoms with E-state index < -0.39 is 17.7 Å². The van der Waals surface area contributed by atoms with Crippen molar-refractivity contribution in [2.75, 3.05) is 26.9 Å². The van der Waals surface area contributed by atoms with Gasteiger partial charge in [0, 0.05) is 25.8 Å². The molecular weight excluding hydrogens is 477 g/mol. The van der Waals surface area contributed by atoms with Crippen molar-refractivity contribution in [3.63, 3.8) is 0 Å². The molecule has 1 heterocycles. The predicted molar refractivity (Wildman–Crippen MR) is 133 cm³/mol. The zero-order valence-electron chi connectivity index (χ0n) is 19.7. The number of aliphatic hydroxyl groups is 1. The topological polar surface area (TPSA) is 76.1 Å². The van der Waals surface area contributed by atoms with Crippen molar-refractivity contribution in [2.24, 2.45) is 5.92 Å². The molecule has 3 rings (SSSR count). The molecule has 8 heteroatoms. The fourth-order valence-corrected chi connectivity index (χ4v) is 4.20. The number of hydrogen-bond donors (Lipinski definition) is 1. The molecule has 1 aliphatic heterocycles. The van der Waals surface area contributed by atoms with E-state index in [1.165, 1.54) is 4.90 Å². The first-order valence-corrected chi connectivity index (χ1v) is 11.9. The molecule has 1 saturated heterocycles. The van der Waals surface area contributed by atoms with Gasteiger partial charge in [0.2, 0.25) is 0 Å². The maximum Gasteiger partial charge on any atom is 0.295 e. The number of ether oxygens (including phenoxy) is 2. The lowest BCUT2D eigenvalue weighted by Crippen LogP contribution is -2.31. The van der Waals surface area contributed by atoms with Gasteiger partial charge in [-0.15, -0.1) is 0 Å². The Morgan fingerprint density at radius 3 is 2.47 bits per heavy atom. The Bertz CT molecular complexity index is 1110. The normalized spacial score (nSPS) is 17.6. The van der Waals surface area contributed by atoms with Gasteiger partial charge in [-0.2, -0.15) is 0 Å². The van der Waals surface area contributed by atoms with Crippen LogP contribution in [-0.4, -0.2) is 48.6 Å². The largest absolute Gasteiger partial charge is 0.507 e. The van der Waals surface area contributed by atoms with Gasteiger partial charge in [0.25, 0.3) is 11.7 Å². The van der Waals surface area contributed by atoms with Crippen LogP contribution in [0.15, 0.2) is 42.0 Å². The molecule has 0 spiro atoms. The number of carbonyl (C=O) groups is 2. The zero-order valence-corrected chi connectivity index (χ0v) is 21.2. The molecule has 1 fully saturated rings. The lowest BCUT2D eigenvalue weighted by molar-refractivity contribution is -0.140. The summed E-state index contributed by atoms with van der Waals surface area (Å²) in [6, 6.07) is 9.32. The Morgan fingerprint density at radius 1 is 1.12 bits per heavy atom. The average Bonchev–Trinajstić information content (AvgIpc) is 3.04. The Morgan fingerprint density at radius 2 is 1.85 bits per heavy atom. The molecule has 2 aromatic carbocycles. The number of Topliss-reactive ketones (excluding diaryl/α,β-unsaturated/α-hetero) is 1. The van der Waals surface area contributed by atoms with Crippen molar-refractivity contribution in [3.8, 4) is 5.75 Å². The van der Waals surface area contributed by atoms with Crippen LogP contribution in [0.2, 0.25) is 10.0 Å². The number of amides is 1. The molecule has 0 radical (unpaired) electrons. The summed E-state index contributed by atoms with van der Waals surface area (Å²) in [5.41, 5.74) is 1.83. The molecule has 2 aromatic rings. The molecule has 1 amide bonds. The lowest BCUT2D eigenvalue weighted by Gasteiger charge is -2.25. The second-order valence-electron chi connectivity index (χ2n) is 8.70. The van der Waals surface area contributed by atoms with Crippen LogP contribution in [0.4, 0.5) is 0 Å². The number of nitrogens with zero attached hydrogens (tertiary/aromatic N) is 1. The second kappa shape index (κ2) is 11.3. The summed E-state index contributed by atoms with van der Waals surface area (Å²) in [6.45, 7) is 7.26. The zero-order chi connectivity index (χ0) is 25.0. The Hall–Kier alpha value is -2.54. The molecule has 1 N–H and O–H groups in total. The van der Waals surface area contributed by atoms with Crippen molar-refractivity contribution >= 4 is 40.7 Å². The van der Waals surface area contributed by atoms with Crippen molar-refractivity contribution in [2.45, 2.75) is 33.2 Å². The highest BCUT2D eigenvalue weighted by Crippen LogP contribution is 2.41. The van der Waals surface area contributed by atoms with E-state index in [0.29, 0.717) is 52.5 Å². The number of aliphatic hydroxyl groups excluding tert-OH is 1. The van der Waals surface area contributed by atoms with Crippen molar-refractivity contribution in [3.05, 3.63) is 68.7 Å². The predicted octanol–water partition coefficient (Wildman–Crippen LogP) is 5.79. The van der Waals surface area contributed by atoms with Crippen LogP contribution in [0.1, 0.15) is 43.0 Å². The average molecular weight is 506 g/mol. The summed E-state index contributed by atoms with van der Waals surface area (Å²) >= 11 is 12.3. The molecule has 0 aromatic heterocycles. The first-order valence-electron chi connectivity index (χ1n) is 11.1. The summed E-state index contributed by atoms with van der Waals surface area (Å²) in [6.07, 6.45) is 0.530. The van der Waals surface area contributed by atoms with Gasteiger partial charge in [-0.3, -0.25) is 9.59 Å². The van der Waals surface area contributed by atoms with Crippen LogP contribution in [0.5, 0.6) is 5.75 Å². The van der Waals surface area contributed by atoms with Gasteiger partial charge in [0.1, 0.15) is 11.5 Å². The quantitative estimate of drug-likeness (QED) is 0.202. The maximum absolute atomic E-state index is 13.1. The standard InChI is InChI=1S/C26H29Cl2NO5/c1-15(2)14-34-21-9-7-18(12-16(21)3)24(30)22-23(17-6-8-19(27)20(28)13-17)29(10-5-11-33-4)26(32)25(22)31/h6-9,12-13,15,23,30H,5,10-11,14H2,1-4H3/b24-22+. The molecule has 34 heavy (non-hydrogen) atoms. The first-order chi connectivity index (χ1) is 16.1. The number of hydrogen-bond acceptors (Lipinski definition) is 5. The SMILES string of the molecule is COCCCN1C(=O)C(=O)/C(=C(/O)c2ccc(OCC(C)C)c(C)c2)C1c1ccc(Cl)c(Cl)c1. The third kappa shape index (κ3) is 5.57. The van der Waals surface area contributed by atoms with Gasteiger partial charge >= 0.3 is 0 Å². The first kappa shape index (κ1) is 26.1. The van der Waals surface area contributed by atoms with E-state index in [9.17, 15) is 14.7 Å². The van der Waals surface area contributed by atoms with E-state index in [0.717, 1.165) is 5.56 Å². The molecule has 0 aliphatic carbocycles. The van der Waals surface area contributed by atoms with Crippen LogP contribution in [0.3, 0.4) is 0 Å². The molecule has 1 atom stereocenters. The summed E-state index contributed by atoms with van der Waals surface area (Å²) < 4.78 is 10.9. The van der Waals surface area contributed by atoms with Gasteiger partial charge in [-0.05, 0) is 60.7 Å². The minimum Gasteiger partial charge on any atom is -0.507 e. The summed E-state index contributed by atoms with van der Waals surface area (Å²) in [7, 11) is 1.57. The molecule has 1 unspecified atom stereocenters. The second-order valence-corrected chi connectivity index (χ2v) is 9.51. The van der Waals surface area contributed by atoms with Crippen LogP contribution >= 0.6 is 23.2 Å². The van der Waals surface area contributed by atoms with Gasteiger partial charge < -0.3 is 19.5 Å². The van der Waals surface area contributed by atoms with Gasteiger partial charge in [0.05, 0.1) is 28.3 Å². The van der Waals surface area contributed by atoms with Crippen LogP contribution in [0, 0.1) is 12.8 Å². The number of ketones is 1. The van der Waals surface area contributed by atoms with Crippen LogP contribution in [0.25, 0.3) is 5.76 Å². The van der Waals surface area contributed by atoms with Crippen molar-refractivity contribution in [1.82, 2.24) is 4.90 Å². The number of benzene rings is 2. The van der Waals surface area contributed by atoms with Crippen LogP contribution in [-0.2, 0) is 14.3 Å². The number of aryl methyl sites for hydroxylation is 1. The highest BCUT2D eigenvalue weighted by atomic mass is 35.5. The molecule has 0 saturated carbocycles. The van der Waals surface area contributed by atoms with Crippen LogP contribution < -0.4 is 4.74 Å². The van der Waals surface area contributed by atoms with Crippen molar-refractivity contribution in [1.29, 1.82) is 0 Å². The van der Waals surface area contributed by atoms with E-state index in [1.807, 2.05) is 6.92 Å². The van der Waals surface area contributed by atoms with Gasteiger partial charge in [-0.1, -0.05) is 43.1 Å². The minimum atomic E-state index is -0.802. The minimum absolute atomic E-state index is 0.0102.